The highest BCUT2D eigenvalue weighted by molar-refractivity contribution is 6.30. The Kier molecular flexibility index (Phi) is 3.08. The minimum Gasteiger partial charge on any atom is -0.371 e. The van der Waals surface area contributed by atoms with E-state index in [2.05, 4.69) is 35.9 Å². The molecule has 0 N–H and O–H groups in total. The Morgan fingerprint density at radius 2 is 2.00 bits per heavy atom. The molecule has 1 heterocycles. The molecule has 1 fully saturated rings. The Hall–Kier alpha value is -0.800. The van der Waals surface area contributed by atoms with Crippen LogP contribution in [0.15, 0.2) is 18.5 Å². The van der Waals surface area contributed by atoms with E-state index in [4.69, 9.17) is 11.6 Å². The molecular weight excluding hydrogens is 222 g/mol. The molecule has 0 amide bonds. The van der Waals surface area contributed by atoms with Crippen molar-refractivity contribution in [2.24, 2.45) is 0 Å². The summed E-state index contributed by atoms with van der Waals surface area (Å²) in [5.74, 6) is 0. The van der Waals surface area contributed by atoms with Gasteiger partial charge in [-0.2, -0.15) is 0 Å². The highest BCUT2D eigenvalue weighted by atomic mass is 35.5. The van der Waals surface area contributed by atoms with Gasteiger partial charge in [-0.05, 0) is 33.0 Å². The smallest absolute Gasteiger partial charge is 0.0609 e. The maximum atomic E-state index is 5.94. The first-order chi connectivity index (χ1) is 7.53. The summed E-state index contributed by atoms with van der Waals surface area (Å²) in [6.07, 6.45) is 6.08. The van der Waals surface area contributed by atoms with Gasteiger partial charge in [-0.25, -0.2) is 0 Å². The normalized spacial score (nSPS) is 17.6. The third kappa shape index (κ3) is 2.30. The van der Waals surface area contributed by atoms with Crippen LogP contribution in [0.4, 0.5) is 5.69 Å². The third-order valence-electron chi connectivity index (χ3n) is 3.44. The first kappa shape index (κ1) is 11.7. The lowest BCUT2D eigenvalue weighted by atomic mass is 10.2. The third-order valence-corrected chi connectivity index (χ3v) is 3.65. The largest absolute Gasteiger partial charge is 0.371 e. The van der Waals surface area contributed by atoms with Crippen LogP contribution < -0.4 is 4.90 Å². The minimum absolute atomic E-state index is 0.358. The molecule has 16 heavy (non-hydrogen) atoms. The molecule has 3 nitrogen and oxygen atoms in total. The highest BCUT2D eigenvalue weighted by Gasteiger charge is 2.45. The van der Waals surface area contributed by atoms with Crippen molar-refractivity contribution in [2.75, 3.05) is 32.6 Å². The molecule has 0 bridgehead atoms. The minimum atomic E-state index is 0.358. The zero-order valence-corrected chi connectivity index (χ0v) is 10.8. The van der Waals surface area contributed by atoms with Crippen molar-refractivity contribution in [3.8, 4) is 0 Å². The van der Waals surface area contributed by atoms with E-state index >= 15 is 0 Å². The molecule has 0 radical (unpaired) electrons. The van der Waals surface area contributed by atoms with E-state index in [1.54, 1.807) is 6.20 Å². The van der Waals surface area contributed by atoms with Gasteiger partial charge in [-0.15, -0.1) is 0 Å². The van der Waals surface area contributed by atoms with Gasteiger partial charge in [-0.3, -0.25) is 4.98 Å². The number of hydrogen-bond acceptors (Lipinski definition) is 3. The van der Waals surface area contributed by atoms with Crippen molar-refractivity contribution in [1.82, 2.24) is 9.88 Å². The summed E-state index contributed by atoms with van der Waals surface area (Å²) >= 11 is 5.94. The van der Waals surface area contributed by atoms with Gasteiger partial charge in [0.25, 0.3) is 0 Å². The lowest BCUT2D eigenvalue weighted by Crippen LogP contribution is -2.41. The summed E-state index contributed by atoms with van der Waals surface area (Å²) in [5.41, 5.74) is 1.44. The maximum absolute atomic E-state index is 5.94. The van der Waals surface area contributed by atoms with Crippen molar-refractivity contribution < 1.29 is 0 Å². The molecule has 0 spiro atoms. The maximum Gasteiger partial charge on any atom is 0.0609 e. The van der Waals surface area contributed by atoms with Crippen LogP contribution in [0.3, 0.4) is 0 Å². The second-order valence-corrected chi connectivity index (χ2v) is 5.27. The topological polar surface area (TPSA) is 19.4 Å². The van der Waals surface area contributed by atoms with Crippen molar-refractivity contribution in [3.05, 3.63) is 23.5 Å². The predicted molar refractivity (Wildman–Crippen MR) is 68.2 cm³/mol. The lowest BCUT2D eigenvalue weighted by molar-refractivity contribution is 0.276. The van der Waals surface area contributed by atoms with Gasteiger partial charge in [0.1, 0.15) is 0 Å². The van der Waals surface area contributed by atoms with Gasteiger partial charge < -0.3 is 9.80 Å². The van der Waals surface area contributed by atoms with Gasteiger partial charge in [0.05, 0.1) is 16.9 Å². The van der Waals surface area contributed by atoms with E-state index in [1.807, 2.05) is 12.3 Å². The average Bonchev–Trinajstić information content (AvgIpc) is 2.99. The number of pyridine rings is 1. The second kappa shape index (κ2) is 4.22. The van der Waals surface area contributed by atoms with Crippen molar-refractivity contribution >= 4 is 17.3 Å². The summed E-state index contributed by atoms with van der Waals surface area (Å²) < 4.78 is 0. The Morgan fingerprint density at radius 1 is 1.31 bits per heavy atom. The number of halogens is 1. The zero-order valence-electron chi connectivity index (χ0n) is 10.1. The lowest BCUT2D eigenvalue weighted by Gasteiger charge is -2.30. The van der Waals surface area contributed by atoms with Gasteiger partial charge in [0.2, 0.25) is 0 Å². The fourth-order valence-electron chi connectivity index (χ4n) is 2.03. The fourth-order valence-corrected chi connectivity index (χ4v) is 2.20. The number of hydrogen-bond donors (Lipinski definition) is 0. The SMILES string of the molecule is CN(CC1(N(C)C)CC1)c1cncc(Cl)c1. The molecule has 2 rings (SSSR count). The molecule has 1 aromatic heterocycles. The molecule has 1 aromatic rings. The molecule has 1 aliphatic rings. The van der Waals surface area contributed by atoms with E-state index in [0.29, 0.717) is 10.6 Å². The number of likely N-dealkylation sites (N-methyl/N-ethyl adjacent to an activating group) is 2. The average molecular weight is 240 g/mol. The number of anilines is 1. The van der Waals surface area contributed by atoms with Crippen LogP contribution in [0.2, 0.25) is 5.02 Å². The number of aromatic nitrogens is 1. The Balaban J connectivity index is 2.06. The number of nitrogens with zero attached hydrogens (tertiary/aromatic N) is 3. The second-order valence-electron chi connectivity index (χ2n) is 4.84. The van der Waals surface area contributed by atoms with Gasteiger partial charge in [0.15, 0.2) is 0 Å². The van der Waals surface area contributed by atoms with E-state index in [1.165, 1.54) is 12.8 Å². The van der Waals surface area contributed by atoms with Crippen LogP contribution in [0.25, 0.3) is 0 Å². The van der Waals surface area contributed by atoms with E-state index in [9.17, 15) is 0 Å². The Morgan fingerprint density at radius 3 is 2.50 bits per heavy atom. The molecule has 1 aliphatic carbocycles. The van der Waals surface area contributed by atoms with E-state index < -0.39 is 0 Å². The fraction of sp³-hybridized carbons (Fsp3) is 0.583. The van der Waals surface area contributed by atoms with Gasteiger partial charge in [0, 0.05) is 25.3 Å². The molecular formula is C12H18ClN3. The van der Waals surface area contributed by atoms with Gasteiger partial charge >= 0.3 is 0 Å². The highest BCUT2D eigenvalue weighted by Crippen LogP contribution is 2.41. The standard InChI is InChI=1S/C12H18ClN3/c1-15(2)12(4-5-12)9-16(3)11-6-10(13)7-14-8-11/h6-8H,4-5,9H2,1-3H3. The summed E-state index contributed by atoms with van der Waals surface area (Å²) in [7, 11) is 6.39. The Labute approximate surface area is 102 Å². The molecule has 0 aliphatic heterocycles. The monoisotopic (exact) mass is 239 g/mol. The molecule has 88 valence electrons. The first-order valence-corrected chi connectivity index (χ1v) is 5.90. The summed E-state index contributed by atoms with van der Waals surface area (Å²) in [4.78, 5) is 8.66. The predicted octanol–water partition coefficient (Wildman–Crippen LogP) is 2.27. The summed E-state index contributed by atoms with van der Waals surface area (Å²) in [6, 6.07) is 1.96. The first-order valence-electron chi connectivity index (χ1n) is 5.53. The Bertz CT molecular complexity index is 374. The van der Waals surface area contributed by atoms with Crippen molar-refractivity contribution in [3.63, 3.8) is 0 Å². The summed E-state index contributed by atoms with van der Waals surface area (Å²) in [5, 5.41) is 0.694. The van der Waals surface area contributed by atoms with Crippen molar-refractivity contribution in [1.29, 1.82) is 0 Å². The molecule has 0 aromatic carbocycles. The van der Waals surface area contributed by atoms with Crippen LogP contribution in [-0.4, -0.2) is 43.1 Å². The zero-order chi connectivity index (χ0) is 11.8. The molecule has 0 unspecified atom stereocenters. The van der Waals surface area contributed by atoms with Gasteiger partial charge in [-0.1, -0.05) is 11.6 Å². The van der Waals surface area contributed by atoms with Crippen LogP contribution in [0, 0.1) is 0 Å². The van der Waals surface area contributed by atoms with Crippen LogP contribution in [-0.2, 0) is 0 Å². The van der Waals surface area contributed by atoms with Crippen LogP contribution in [0.5, 0.6) is 0 Å². The quantitative estimate of drug-likeness (QED) is 0.804. The number of rotatable bonds is 4. The van der Waals surface area contributed by atoms with Crippen molar-refractivity contribution in [2.45, 2.75) is 18.4 Å². The summed E-state index contributed by atoms with van der Waals surface area (Å²) in [6.45, 7) is 1.03. The molecule has 0 atom stereocenters. The molecule has 4 heteroatoms. The van der Waals surface area contributed by atoms with E-state index in [-0.39, 0.29) is 0 Å². The van der Waals surface area contributed by atoms with E-state index in [0.717, 1.165) is 12.2 Å². The van der Waals surface area contributed by atoms with Crippen LogP contribution >= 0.6 is 11.6 Å². The van der Waals surface area contributed by atoms with Crippen LogP contribution in [0.1, 0.15) is 12.8 Å². The molecule has 0 saturated heterocycles. The molecule has 1 saturated carbocycles.